The number of fused-ring (bicyclic) bond motifs is 1. The predicted octanol–water partition coefficient (Wildman–Crippen LogP) is 3.47. The average molecular weight is 241 g/mol. The van der Waals surface area contributed by atoms with Crippen LogP contribution in [0.15, 0.2) is 22.7 Å². The van der Waals surface area contributed by atoms with Crippen molar-refractivity contribution in [1.82, 2.24) is 0 Å². The summed E-state index contributed by atoms with van der Waals surface area (Å²) in [4.78, 5) is 0. The van der Waals surface area contributed by atoms with E-state index in [0.717, 1.165) is 19.6 Å². The molecular weight excluding hydrogens is 228 g/mol. The maximum Gasteiger partial charge on any atom is 0.0719 e. The van der Waals surface area contributed by atoms with E-state index in [2.05, 4.69) is 41.1 Å². The molecule has 2 heteroatoms. The summed E-state index contributed by atoms with van der Waals surface area (Å²) in [5.41, 5.74) is 2.81. The maximum absolute atomic E-state index is 5.52. The smallest absolute Gasteiger partial charge is 0.0719 e. The van der Waals surface area contributed by atoms with Crippen LogP contribution >= 0.6 is 15.9 Å². The fourth-order valence-corrected chi connectivity index (χ4v) is 2.19. The molecule has 0 aromatic heterocycles. The van der Waals surface area contributed by atoms with Crippen LogP contribution in [0.5, 0.6) is 0 Å². The van der Waals surface area contributed by atoms with Crippen LogP contribution in [0.3, 0.4) is 0 Å². The van der Waals surface area contributed by atoms with E-state index in [1.165, 1.54) is 15.6 Å². The second-order valence-corrected chi connectivity index (χ2v) is 4.38. The molecule has 0 amide bonds. The molecule has 1 heterocycles. The third-order valence-electron chi connectivity index (χ3n) is 2.62. The van der Waals surface area contributed by atoms with Gasteiger partial charge < -0.3 is 4.74 Å². The summed E-state index contributed by atoms with van der Waals surface area (Å²) in [6.07, 6.45) is 1.16. The molecule has 1 aromatic carbocycles. The maximum atomic E-state index is 5.52. The number of benzene rings is 1. The first-order valence-electron chi connectivity index (χ1n) is 4.67. The molecule has 2 rings (SSSR count). The summed E-state index contributed by atoms with van der Waals surface area (Å²) in [7, 11) is 0. The van der Waals surface area contributed by atoms with E-state index in [4.69, 9.17) is 4.74 Å². The topological polar surface area (TPSA) is 9.23 Å². The Morgan fingerprint density at radius 3 is 3.15 bits per heavy atom. The fourth-order valence-electron chi connectivity index (χ4n) is 1.82. The van der Waals surface area contributed by atoms with Crippen molar-refractivity contribution in [3.05, 3.63) is 33.8 Å². The Kier molecular flexibility index (Phi) is 2.70. The molecule has 0 saturated heterocycles. The van der Waals surface area contributed by atoms with Crippen molar-refractivity contribution in [3.8, 4) is 0 Å². The number of ether oxygens (including phenoxy) is 1. The zero-order valence-electron chi connectivity index (χ0n) is 7.72. The van der Waals surface area contributed by atoms with Gasteiger partial charge in [0, 0.05) is 10.4 Å². The van der Waals surface area contributed by atoms with E-state index < -0.39 is 0 Å². The van der Waals surface area contributed by atoms with Gasteiger partial charge in [-0.05, 0) is 29.7 Å². The van der Waals surface area contributed by atoms with Crippen molar-refractivity contribution in [2.24, 2.45) is 0 Å². The number of rotatable bonds is 1. The second-order valence-electron chi connectivity index (χ2n) is 3.46. The van der Waals surface area contributed by atoms with Gasteiger partial charge in [-0.25, -0.2) is 0 Å². The third-order valence-corrected chi connectivity index (χ3v) is 3.11. The molecular formula is C11H13BrO. The van der Waals surface area contributed by atoms with E-state index in [9.17, 15) is 0 Å². The zero-order valence-corrected chi connectivity index (χ0v) is 9.30. The average Bonchev–Trinajstić information content (AvgIpc) is 2.17. The largest absolute Gasteiger partial charge is 0.376 e. The van der Waals surface area contributed by atoms with Crippen LogP contribution in [-0.2, 0) is 11.3 Å². The summed E-state index contributed by atoms with van der Waals surface area (Å²) in [5.74, 6) is 0.584. The summed E-state index contributed by atoms with van der Waals surface area (Å²) in [6, 6.07) is 6.47. The van der Waals surface area contributed by atoms with Crippen molar-refractivity contribution in [2.45, 2.75) is 25.9 Å². The second kappa shape index (κ2) is 3.81. The van der Waals surface area contributed by atoms with Crippen molar-refractivity contribution in [3.63, 3.8) is 0 Å². The van der Waals surface area contributed by atoms with E-state index in [-0.39, 0.29) is 0 Å². The first-order chi connectivity index (χ1) is 6.31. The highest BCUT2D eigenvalue weighted by Gasteiger charge is 2.18. The lowest BCUT2D eigenvalue weighted by atomic mass is 9.91. The molecule has 1 nitrogen and oxygen atoms in total. The van der Waals surface area contributed by atoms with Crippen molar-refractivity contribution >= 4 is 15.9 Å². The summed E-state index contributed by atoms with van der Waals surface area (Å²) in [5, 5.41) is 0. The van der Waals surface area contributed by atoms with Gasteiger partial charge in [-0.2, -0.15) is 0 Å². The Bertz CT molecular complexity index is 309. The standard InChI is InChI=1S/C11H13BrO/c1-2-8-6-13-7-9-3-4-10(12)5-11(8)9/h3-5,8H,2,6-7H2,1H3. The van der Waals surface area contributed by atoms with Gasteiger partial charge in [-0.3, -0.25) is 0 Å². The van der Waals surface area contributed by atoms with E-state index in [0.29, 0.717) is 5.92 Å². The summed E-state index contributed by atoms with van der Waals surface area (Å²) in [6.45, 7) is 3.86. The van der Waals surface area contributed by atoms with Crippen molar-refractivity contribution < 1.29 is 4.74 Å². The normalized spacial score (nSPS) is 21.2. The number of halogens is 1. The zero-order chi connectivity index (χ0) is 9.26. The predicted molar refractivity (Wildman–Crippen MR) is 56.8 cm³/mol. The SMILES string of the molecule is CCC1COCc2ccc(Br)cc21. The number of hydrogen-bond donors (Lipinski definition) is 0. The highest BCUT2D eigenvalue weighted by Crippen LogP contribution is 2.30. The van der Waals surface area contributed by atoms with Crippen LogP contribution in [0.2, 0.25) is 0 Å². The Balaban J connectivity index is 2.41. The molecule has 13 heavy (non-hydrogen) atoms. The highest BCUT2D eigenvalue weighted by atomic mass is 79.9. The molecule has 0 bridgehead atoms. The third kappa shape index (κ3) is 1.79. The summed E-state index contributed by atoms with van der Waals surface area (Å²) < 4.78 is 6.70. The van der Waals surface area contributed by atoms with Crippen molar-refractivity contribution in [1.29, 1.82) is 0 Å². The number of hydrogen-bond acceptors (Lipinski definition) is 1. The van der Waals surface area contributed by atoms with Crippen LogP contribution in [0, 0.1) is 0 Å². The molecule has 0 saturated carbocycles. The van der Waals surface area contributed by atoms with Gasteiger partial charge in [0.15, 0.2) is 0 Å². The van der Waals surface area contributed by atoms with Gasteiger partial charge >= 0.3 is 0 Å². The monoisotopic (exact) mass is 240 g/mol. The van der Waals surface area contributed by atoms with Gasteiger partial charge in [-0.15, -0.1) is 0 Å². The lowest BCUT2D eigenvalue weighted by Crippen LogP contribution is -2.15. The van der Waals surface area contributed by atoms with E-state index in [1.54, 1.807) is 0 Å². The quantitative estimate of drug-likeness (QED) is 0.731. The van der Waals surface area contributed by atoms with Crippen LogP contribution in [0.4, 0.5) is 0 Å². The Labute approximate surface area is 87.2 Å². The first-order valence-corrected chi connectivity index (χ1v) is 5.46. The molecule has 0 fully saturated rings. The van der Waals surface area contributed by atoms with Crippen LogP contribution in [-0.4, -0.2) is 6.61 Å². The minimum absolute atomic E-state index is 0.584. The molecule has 1 aromatic rings. The van der Waals surface area contributed by atoms with Gasteiger partial charge in [0.2, 0.25) is 0 Å². The minimum atomic E-state index is 0.584. The first kappa shape index (κ1) is 9.22. The summed E-state index contributed by atoms with van der Waals surface area (Å²) >= 11 is 3.51. The minimum Gasteiger partial charge on any atom is -0.376 e. The molecule has 70 valence electrons. The van der Waals surface area contributed by atoms with Crippen molar-refractivity contribution in [2.75, 3.05) is 6.61 Å². The van der Waals surface area contributed by atoms with Gasteiger partial charge in [0.25, 0.3) is 0 Å². The molecule has 1 unspecified atom stereocenters. The van der Waals surface area contributed by atoms with Gasteiger partial charge in [0.1, 0.15) is 0 Å². The van der Waals surface area contributed by atoms with Crippen LogP contribution in [0.1, 0.15) is 30.4 Å². The highest BCUT2D eigenvalue weighted by molar-refractivity contribution is 9.10. The van der Waals surface area contributed by atoms with Crippen LogP contribution < -0.4 is 0 Å². The molecule has 0 N–H and O–H groups in total. The molecule has 0 spiro atoms. The van der Waals surface area contributed by atoms with Gasteiger partial charge in [0.05, 0.1) is 13.2 Å². The van der Waals surface area contributed by atoms with E-state index in [1.807, 2.05) is 0 Å². The van der Waals surface area contributed by atoms with Crippen LogP contribution in [0.25, 0.3) is 0 Å². The lowest BCUT2D eigenvalue weighted by molar-refractivity contribution is 0.0899. The molecule has 1 aliphatic rings. The van der Waals surface area contributed by atoms with E-state index >= 15 is 0 Å². The molecule has 0 radical (unpaired) electrons. The van der Waals surface area contributed by atoms with Gasteiger partial charge in [-0.1, -0.05) is 28.9 Å². The fraction of sp³-hybridized carbons (Fsp3) is 0.455. The molecule has 1 aliphatic heterocycles. The molecule has 1 atom stereocenters. The Hall–Kier alpha value is -0.340. The lowest BCUT2D eigenvalue weighted by Gasteiger charge is -2.24. The molecule has 0 aliphatic carbocycles. The Morgan fingerprint density at radius 2 is 2.38 bits per heavy atom. The Morgan fingerprint density at radius 1 is 1.54 bits per heavy atom.